The lowest BCUT2D eigenvalue weighted by molar-refractivity contribution is -0.0936. The molecule has 6 nitrogen and oxygen atoms in total. The molecule has 1 atom stereocenters. The van der Waals surface area contributed by atoms with Gasteiger partial charge in [0.25, 0.3) is 0 Å². The van der Waals surface area contributed by atoms with Crippen LogP contribution in [0, 0.1) is 5.41 Å². The summed E-state index contributed by atoms with van der Waals surface area (Å²) < 4.78 is 33.3. The van der Waals surface area contributed by atoms with Crippen molar-refractivity contribution in [2.45, 2.75) is 26.9 Å². The summed E-state index contributed by atoms with van der Waals surface area (Å²) in [4.78, 5) is 0. The van der Waals surface area contributed by atoms with Gasteiger partial charge in [-0.3, -0.25) is 0 Å². The first-order valence-electron chi connectivity index (χ1n) is 8.11. The fraction of sp³-hybridized carbons (Fsp3) is 1.00. The largest absolute Gasteiger partial charge is 0.377 e. The van der Waals surface area contributed by atoms with Crippen molar-refractivity contribution in [2.24, 2.45) is 5.41 Å². The van der Waals surface area contributed by atoms with Crippen molar-refractivity contribution < 1.29 is 28.4 Å². The molecule has 1 rings (SSSR count). The van der Waals surface area contributed by atoms with Crippen molar-refractivity contribution in [2.75, 3.05) is 72.7 Å². The van der Waals surface area contributed by atoms with Crippen molar-refractivity contribution in [3.05, 3.63) is 0 Å². The van der Waals surface area contributed by atoms with E-state index < -0.39 is 0 Å². The summed E-state index contributed by atoms with van der Waals surface area (Å²) in [5.74, 6) is 0. The Hall–Kier alpha value is -0.240. The Morgan fingerprint density at radius 3 is 1.32 bits per heavy atom. The quantitative estimate of drug-likeness (QED) is 0.674. The molecule has 0 N–H and O–H groups in total. The predicted octanol–water partition coefficient (Wildman–Crippen LogP) is 1.51. The molecule has 132 valence electrons. The maximum atomic E-state index is 5.90. The molecule has 1 saturated heterocycles. The van der Waals surface area contributed by atoms with Crippen LogP contribution in [-0.2, 0) is 28.4 Å². The zero-order valence-corrected chi connectivity index (χ0v) is 14.3. The van der Waals surface area contributed by atoms with Crippen LogP contribution in [0.4, 0.5) is 0 Å². The molecular formula is C16H32O6. The molecule has 0 aliphatic carbocycles. The number of rotatable bonds is 0. The standard InChI is InChI=1S/C16H32O6/c1-16(2,3)15-14-21-11-10-19-7-6-17-4-5-18-8-9-20-12-13-22-15/h15H,4-14H2,1-3H3/t15-/m0/s1. The molecule has 1 heterocycles. The summed E-state index contributed by atoms with van der Waals surface area (Å²) >= 11 is 0. The first-order valence-corrected chi connectivity index (χ1v) is 8.11. The molecule has 0 spiro atoms. The van der Waals surface area contributed by atoms with Gasteiger partial charge in [-0.2, -0.15) is 0 Å². The molecule has 1 fully saturated rings. The molecule has 0 aromatic rings. The van der Waals surface area contributed by atoms with E-state index in [1.165, 1.54) is 0 Å². The van der Waals surface area contributed by atoms with Crippen molar-refractivity contribution >= 4 is 0 Å². The molecule has 0 unspecified atom stereocenters. The average Bonchev–Trinajstić information content (AvgIpc) is 2.46. The van der Waals surface area contributed by atoms with Gasteiger partial charge in [-0.25, -0.2) is 0 Å². The fourth-order valence-corrected chi connectivity index (χ4v) is 1.87. The van der Waals surface area contributed by atoms with Crippen LogP contribution < -0.4 is 0 Å². The Morgan fingerprint density at radius 1 is 0.545 bits per heavy atom. The van der Waals surface area contributed by atoms with Gasteiger partial charge >= 0.3 is 0 Å². The maximum Gasteiger partial charge on any atom is 0.0857 e. The third-order valence-corrected chi connectivity index (χ3v) is 3.27. The zero-order chi connectivity index (χ0) is 16.1. The van der Waals surface area contributed by atoms with Crippen molar-refractivity contribution in [1.82, 2.24) is 0 Å². The second-order valence-corrected chi connectivity index (χ2v) is 6.25. The predicted molar refractivity (Wildman–Crippen MR) is 83.3 cm³/mol. The maximum absolute atomic E-state index is 5.90. The Bertz CT molecular complexity index is 236. The summed E-state index contributed by atoms with van der Waals surface area (Å²) in [5, 5.41) is 0. The second-order valence-electron chi connectivity index (χ2n) is 6.25. The molecule has 1 aliphatic rings. The van der Waals surface area contributed by atoms with Crippen molar-refractivity contribution in [3.8, 4) is 0 Å². The number of hydrogen-bond donors (Lipinski definition) is 0. The van der Waals surface area contributed by atoms with Crippen LogP contribution in [0.25, 0.3) is 0 Å². The molecule has 0 aromatic carbocycles. The lowest BCUT2D eigenvalue weighted by Crippen LogP contribution is -2.35. The summed E-state index contributed by atoms with van der Waals surface area (Å²) in [6.07, 6.45) is 0.0366. The van der Waals surface area contributed by atoms with Gasteiger partial charge in [-0.1, -0.05) is 20.8 Å². The molecule has 22 heavy (non-hydrogen) atoms. The Kier molecular flexibility index (Phi) is 11.0. The molecule has 0 bridgehead atoms. The van der Waals surface area contributed by atoms with Crippen LogP contribution in [0.2, 0.25) is 0 Å². The van der Waals surface area contributed by atoms with E-state index >= 15 is 0 Å². The molecule has 1 aliphatic heterocycles. The highest BCUT2D eigenvalue weighted by atomic mass is 16.6. The van der Waals surface area contributed by atoms with E-state index in [-0.39, 0.29) is 11.5 Å². The van der Waals surface area contributed by atoms with Gasteiger partial charge in [0, 0.05) is 0 Å². The van der Waals surface area contributed by atoms with Crippen LogP contribution in [0.5, 0.6) is 0 Å². The minimum Gasteiger partial charge on any atom is -0.377 e. The lowest BCUT2D eigenvalue weighted by atomic mass is 9.89. The third-order valence-electron chi connectivity index (χ3n) is 3.27. The van der Waals surface area contributed by atoms with Gasteiger partial charge in [0.1, 0.15) is 0 Å². The summed E-state index contributed by atoms with van der Waals surface area (Å²) in [5.41, 5.74) is 0.0264. The van der Waals surface area contributed by atoms with E-state index in [0.29, 0.717) is 72.7 Å². The van der Waals surface area contributed by atoms with Crippen LogP contribution >= 0.6 is 0 Å². The first kappa shape index (κ1) is 19.8. The number of hydrogen-bond acceptors (Lipinski definition) is 6. The van der Waals surface area contributed by atoms with E-state index in [0.717, 1.165) is 0 Å². The SMILES string of the molecule is CC(C)(C)[C@@H]1COCCOCCOCCOCCOCCO1. The molecule has 6 heteroatoms. The van der Waals surface area contributed by atoms with Gasteiger partial charge in [-0.05, 0) is 5.41 Å². The second kappa shape index (κ2) is 12.2. The Balaban J connectivity index is 2.30. The van der Waals surface area contributed by atoms with Gasteiger partial charge in [0.2, 0.25) is 0 Å². The minimum atomic E-state index is 0.0264. The monoisotopic (exact) mass is 320 g/mol. The smallest absolute Gasteiger partial charge is 0.0857 e. The highest BCUT2D eigenvalue weighted by molar-refractivity contribution is 4.74. The van der Waals surface area contributed by atoms with E-state index in [4.69, 9.17) is 28.4 Å². The topological polar surface area (TPSA) is 55.4 Å². The Labute approximate surface area is 134 Å². The molecule has 0 saturated carbocycles. The van der Waals surface area contributed by atoms with Gasteiger partial charge < -0.3 is 28.4 Å². The molecule has 0 amide bonds. The van der Waals surface area contributed by atoms with Crippen LogP contribution in [-0.4, -0.2) is 78.8 Å². The van der Waals surface area contributed by atoms with Crippen LogP contribution in [0.3, 0.4) is 0 Å². The van der Waals surface area contributed by atoms with Gasteiger partial charge in [0.05, 0.1) is 78.8 Å². The zero-order valence-electron chi connectivity index (χ0n) is 14.3. The van der Waals surface area contributed by atoms with E-state index in [2.05, 4.69) is 20.8 Å². The van der Waals surface area contributed by atoms with E-state index in [1.807, 2.05) is 0 Å². The molecular weight excluding hydrogens is 288 g/mol. The van der Waals surface area contributed by atoms with E-state index in [1.54, 1.807) is 0 Å². The summed E-state index contributed by atoms with van der Waals surface area (Å²) in [7, 11) is 0. The van der Waals surface area contributed by atoms with E-state index in [9.17, 15) is 0 Å². The highest BCUT2D eigenvalue weighted by Gasteiger charge is 2.25. The molecule has 0 radical (unpaired) electrons. The van der Waals surface area contributed by atoms with Crippen molar-refractivity contribution in [1.29, 1.82) is 0 Å². The summed E-state index contributed by atoms with van der Waals surface area (Å²) in [6.45, 7) is 12.7. The minimum absolute atomic E-state index is 0.0264. The van der Waals surface area contributed by atoms with Gasteiger partial charge in [0.15, 0.2) is 0 Å². The van der Waals surface area contributed by atoms with Gasteiger partial charge in [-0.15, -0.1) is 0 Å². The average molecular weight is 320 g/mol. The highest BCUT2D eigenvalue weighted by Crippen LogP contribution is 2.22. The summed E-state index contributed by atoms with van der Waals surface area (Å²) in [6, 6.07) is 0. The number of ether oxygens (including phenoxy) is 6. The van der Waals surface area contributed by atoms with Crippen LogP contribution in [0.15, 0.2) is 0 Å². The third kappa shape index (κ3) is 10.5. The lowest BCUT2D eigenvalue weighted by Gasteiger charge is -2.30. The first-order chi connectivity index (χ1) is 10.6. The van der Waals surface area contributed by atoms with Crippen LogP contribution in [0.1, 0.15) is 20.8 Å². The van der Waals surface area contributed by atoms with Crippen molar-refractivity contribution in [3.63, 3.8) is 0 Å². The Morgan fingerprint density at radius 2 is 0.909 bits per heavy atom. The normalized spacial score (nSPS) is 26.0. The fourth-order valence-electron chi connectivity index (χ4n) is 1.87. The molecule has 0 aromatic heterocycles.